The third-order valence-corrected chi connectivity index (χ3v) is 5.57. The Morgan fingerprint density at radius 2 is 1.79 bits per heavy atom. The van der Waals surface area contributed by atoms with Crippen LogP contribution in [0, 0.1) is 0 Å². The fourth-order valence-corrected chi connectivity index (χ4v) is 4.25. The number of ketones is 1. The first-order valence-corrected chi connectivity index (χ1v) is 9.66. The molecule has 0 bridgehead atoms. The number of hydrogen-bond donors (Lipinski definition) is 2. The molecule has 0 unspecified atom stereocenters. The average Bonchev–Trinajstić information content (AvgIpc) is 3.21. The summed E-state index contributed by atoms with van der Waals surface area (Å²) in [5, 5.41) is 3.45. The van der Waals surface area contributed by atoms with Gasteiger partial charge in [0.15, 0.2) is 5.78 Å². The number of nitrogens with one attached hydrogen (secondary N) is 2. The second kappa shape index (κ2) is 6.50. The van der Waals surface area contributed by atoms with E-state index in [0.29, 0.717) is 17.0 Å². The summed E-state index contributed by atoms with van der Waals surface area (Å²) in [7, 11) is 0. The van der Waals surface area contributed by atoms with E-state index in [4.69, 9.17) is 11.6 Å². The van der Waals surface area contributed by atoms with E-state index in [0.717, 1.165) is 52.2 Å². The maximum Gasteiger partial charge on any atom is 0.256 e. The molecule has 2 heterocycles. The standard InChI is InChI=1S/C23H17ClN2O2/c24-14-9-10-17-15(11-14)16(23(28)26-17)12-19-21(13-5-2-1-3-6-13)22-18(25-19)7-4-8-20(22)27/h1-3,5-6,9-12,25H,4,7-8H2,(H,26,28)/b16-12-. The van der Waals surface area contributed by atoms with E-state index in [2.05, 4.69) is 10.3 Å². The molecule has 2 aliphatic rings. The molecule has 3 aromatic rings. The van der Waals surface area contributed by atoms with Crippen molar-refractivity contribution in [1.29, 1.82) is 0 Å². The summed E-state index contributed by atoms with van der Waals surface area (Å²) < 4.78 is 0. The molecule has 5 heteroatoms. The number of fused-ring (bicyclic) bond motifs is 2. The summed E-state index contributed by atoms with van der Waals surface area (Å²) in [6.45, 7) is 0. The van der Waals surface area contributed by atoms with E-state index in [1.807, 2.05) is 36.4 Å². The Kier molecular flexibility index (Phi) is 3.95. The van der Waals surface area contributed by atoms with Crippen LogP contribution in [0.15, 0.2) is 48.5 Å². The van der Waals surface area contributed by atoms with Gasteiger partial charge in [0.1, 0.15) is 0 Å². The van der Waals surface area contributed by atoms with Crippen LogP contribution in [0.25, 0.3) is 22.8 Å². The molecule has 1 aliphatic carbocycles. The number of halogens is 1. The minimum atomic E-state index is -0.171. The van der Waals surface area contributed by atoms with Crippen LogP contribution in [0.4, 0.5) is 5.69 Å². The van der Waals surface area contributed by atoms with Gasteiger partial charge in [-0.1, -0.05) is 41.9 Å². The van der Waals surface area contributed by atoms with Crippen molar-refractivity contribution in [2.24, 2.45) is 0 Å². The largest absolute Gasteiger partial charge is 0.358 e. The third kappa shape index (κ3) is 2.69. The minimum Gasteiger partial charge on any atom is -0.358 e. The summed E-state index contributed by atoms with van der Waals surface area (Å²) in [6, 6.07) is 15.2. The smallest absolute Gasteiger partial charge is 0.256 e. The van der Waals surface area contributed by atoms with E-state index < -0.39 is 0 Å². The van der Waals surface area contributed by atoms with Crippen molar-refractivity contribution in [2.45, 2.75) is 19.3 Å². The molecule has 0 fully saturated rings. The lowest BCUT2D eigenvalue weighted by atomic mass is 9.90. The van der Waals surface area contributed by atoms with Gasteiger partial charge in [-0.2, -0.15) is 0 Å². The molecule has 28 heavy (non-hydrogen) atoms. The van der Waals surface area contributed by atoms with Crippen LogP contribution < -0.4 is 5.32 Å². The molecule has 2 N–H and O–H groups in total. The Hall–Kier alpha value is -3.11. The Morgan fingerprint density at radius 3 is 2.61 bits per heavy atom. The number of aromatic nitrogens is 1. The molecule has 1 aromatic heterocycles. The van der Waals surface area contributed by atoms with Gasteiger partial charge in [-0.25, -0.2) is 0 Å². The highest BCUT2D eigenvalue weighted by Gasteiger charge is 2.29. The molecule has 2 aromatic carbocycles. The van der Waals surface area contributed by atoms with Gasteiger partial charge < -0.3 is 10.3 Å². The van der Waals surface area contributed by atoms with E-state index in [1.54, 1.807) is 18.2 Å². The summed E-state index contributed by atoms with van der Waals surface area (Å²) >= 11 is 6.15. The van der Waals surface area contributed by atoms with Gasteiger partial charge in [0.25, 0.3) is 5.91 Å². The number of Topliss-reactive ketones (excluding diaryl/α,β-unsaturated/α-hetero) is 1. The fraction of sp³-hybridized carbons (Fsp3) is 0.130. The van der Waals surface area contributed by atoms with E-state index in [-0.39, 0.29) is 11.7 Å². The van der Waals surface area contributed by atoms with Crippen LogP contribution in [-0.2, 0) is 11.2 Å². The van der Waals surface area contributed by atoms with Crippen LogP contribution in [0.1, 0.15) is 40.2 Å². The van der Waals surface area contributed by atoms with E-state index >= 15 is 0 Å². The van der Waals surface area contributed by atoms with Gasteiger partial charge in [-0.05, 0) is 42.7 Å². The molecule has 1 aliphatic heterocycles. The topological polar surface area (TPSA) is 62.0 Å². The summed E-state index contributed by atoms with van der Waals surface area (Å²) in [6.07, 6.45) is 4.07. The second-order valence-corrected chi connectivity index (χ2v) is 7.55. The number of benzene rings is 2. The van der Waals surface area contributed by atoms with Crippen LogP contribution in [0.5, 0.6) is 0 Å². The molecule has 0 spiro atoms. The number of rotatable bonds is 2. The molecule has 138 valence electrons. The molecule has 0 saturated heterocycles. The van der Waals surface area contributed by atoms with Crippen molar-refractivity contribution in [3.05, 3.63) is 76.1 Å². The minimum absolute atomic E-state index is 0.153. The first-order valence-electron chi connectivity index (χ1n) is 9.28. The van der Waals surface area contributed by atoms with Crippen LogP contribution >= 0.6 is 11.6 Å². The van der Waals surface area contributed by atoms with Gasteiger partial charge >= 0.3 is 0 Å². The lowest BCUT2D eigenvalue weighted by molar-refractivity contribution is -0.110. The second-order valence-electron chi connectivity index (χ2n) is 7.11. The number of aromatic amines is 1. The quantitative estimate of drug-likeness (QED) is 0.581. The van der Waals surface area contributed by atoms with E-state index in [1.165, 1.54) is 0 Å². The fourth-order valence-electron chi connectivity index (χ4n) is 4.08. The normalized spacial score (nSPS) is 16.8. The van der Waals surface area contributed by atoms with Crippen molar-refractivity contribution in [2.75, 3.05) is 5.32 Å². The molecular weight excluding hydrogens is 372 g/mol. The highest BCUT2D eigenvalue weighted by atomic mass is 35.5. The zero-order valence-electron chi connectivity index (χ0n) is 15.0. The summed E-state index contributed by atoms with van der Waals surface area (Å²) in [5.41, 5.74) is 6.39. The Balaban J connectivity index is 1.74. The van der Waals surface area contributed by atoms with Gasteiger partial charge in [-0.15, -0.1) is 0 Å². The number of amides is 1. The molecule has 4 nitrogen and oxygen atoms in total. The number of anilines is 1. The van der Waals surface area contributed by atoms with Crippen molar-refractivity contribution >= 4 is 40.6 Å². The van der Waals surface area contributed by atoms with Gasteiger partial charge in [-0.3, -0.25) is 9.59 Å². The molecule has 1 amide bonds. The number of carbonyl (C=O) groups excluding carboxylic acids is 2. The SMILES string of the molecule is O=C1Nc2ccc(Cl)cc2/C1=C/c1[nH]c2c(c1-c1ccccc1)C(=O)CCC2. The Bertz CT molecular complexity index is 1160. The number of hydrogen-bond acceptors (Lipinski definition) is 2. The number of aryl methyl sites for hydroxylation is 1. The van der Waals surface area contributed by atoms with Gasteiger partial charge in [0.05, 0.1) is 5.57 Å². The molecule has 5 rings (SSSR count). The van der Waals surface area contributed by atoms with Crippen LogP contribution in [0.3, 0.4) is 0 Å². The van der Waals surface area contributed by atoms with Crippen LogP contribution in [0.2, 0.25) is 5.02 Å². The first kappa shape index (κ1) is 17.0. The monoisotopic (exact) mass is 388 g/mol. The van der Waals surface area contributed by atoms with Crippen molar-refractivity contribution in [3.8, 4) is 11.1 Å². The zero-order chi connectivity index (χ0) is 19.3. The lowest BCUT2D eigenvalue weighted by Gasteiger charge is -2.12. The van der Waals surface area contributed by atoms with Gasteiger partial charge in [0, 0.05) is 45.2 Å². The van der Waals surface area contributed by atoms with Crippen molar-refractivity contribution < 1.29 is 9.59 Å². The molecule has 0 radical (unpaired) electrons. The maximum absolute atomic E-state index is 12.7. The predicted octanol–water partition coefficient (Wildman–Crippen LogP) is 5.35. The predicted molar refractivity (Wildman–Crippen MR) is 111 cm³/mol. The highest BCUT2D eigenvalue weighted by molar-refractivity contribution is 6.37. The number of H-pyrrole nitrogens is 1. The van der Waals surface area contributed by atoms with Crippen molar-refractivity contribution in [3.63, 3.8) is 0 Å². The van der Waals surface area contributed by atoms with E-state index in [9.17, 15) is 9.59 Å². The summed E-state index contributed by atoms with van der Waals surface area (Å²) in [5.74, 6) is -0.0181. The van der Waals surface area contributed by atoms with Gasteiger partial charge in [0.2, 0.25) is 0 Å². The molecular formula is C23H17ClN2O2. The third-order valence-electron chi connectivity index (χ3n) is 5.33. The highest BCUT2D eigenvalue weighted by Crippen LogP contribution is 2.39. The molecule has 0 saturated carbocycles. The van der Waals surface area contributed by atoms with Crippen LogP contribution in [-0.4, -0.2) is 16.7 Å². The Labute approximate surface area is 167 Å². The maximum atomic E-state index is 12.7. The molecule has 0 atom stereocenters. The number of carbonyl (C=O) groups is 2. The lowest BCUT2D eigenvalue weighted by Crippen LogP contribution is -2.09. The zero-order valence-corrected chi connectivity index (χ0v) is 15.8. The summed E-state index contributed by atoms with van der Waals surface area (Å²) in [4.78, 5) is 28.7. The Morgan fingerprint density at radius 1 is 0.964 bits per heavy atom. The van der Waals surface area contributed by atoms with Crippen molar-refractivity contribution in [1.82, 2.24) is 4.98 Å². The average molecular weight is 389 g/mol. The first-order chi connectivity index (χ1) is 13.6.